The van der Waals surface area contributed by atoms with Crippen molar-refractivity contribution in [2.24, 2.45) is 0 Å². The second-order valence-corrected chi connectivity index (χ2v) is 5.86. The Kier molecular flexibility index (Phi) is 6.83. The van der Waals surface area contributed by atoms with Gasteiger partial charge in [-0.1, -0.05) is 30.3 Å². The first kappa shape index (κ1) is 16.9. The topological polar surface area (TPSA) is 53.0 Å². The van der Waals surface area contributed by atoms with E-state index < -0.39 is 5.97 Å². The number of carboxylic acids is 1. The van der Waals surface area contributed by atoms with Crippen LogP contribution in [0.25, 0.3) is 0 Å². The summed E-state index contributed by atoms with van der Waals surface area (Å²) >= 11 is 0. The summed E-state index contributed by atoms with van der Waals surface area (Å²) in [7, 11) is 0. The summed E-state index contributed by atoms with van der Waals surface area (Å²) in [6.45, 7) is 8.01. The third-order valence-corrected chi connectivity index (χ3v) is 4.09. The van der Waals surface area contributed by atoms with E-state index in [0.717, 1.165) is 39.4 Å². The zero-order chi connectivity index (χ0) is 15.8. The van der Waals surface area contributed by atoms with Crippen LogP contribution in [0.3, 0.4) is 0 Å². The van der Waals surface area contributed by atoms with Crippen molar-refractivity contribution in [2.45, 2.75) is 25.9 Å². The quantitative estimate of drug-likeness (QED) is 0.792. The highest BCUT2D eigenvalue weighted by atomic mass is 16.5. The third-order valence-electron chi connectivity index (χ3n) is 4.09. The van der Waals surface area contributed by atoms with Gasteiger partial charge in [-0.25, -0.2) is 0 Å². The number of ether oxygens (including phenoxy) is 1. The number of benzene rings is 1. The van der Waals surface area contributed by atoms with Gasteiger partial charge in [-0.15, -0.1) is 0 Å². The van der Waals surface area contributed by atoms with Gasteiger partial charge < -0.3 is 9.84 Å². The monoisotopic (exact) mass is 306 g/mol. The molecule has 0 amide bonds. The van der Waals surface area contributed by atoms with Crippen molar-refractivity contribution in [3.63, 3.8) is 0 Å². The molecule has 22 heavy (non-hydrogen) atoms. The van der Waals surface area contributed by atoms with E-state index in [1.807, 2.05) is 18.2 Å². The van der Waals surface area contributed by atoms with Crippen LogP contribution in [0.15, 0.2) is 30.3 Å². The molecule has 1 fully saturated rings. The molecule has 1 aromatic carbocycles. The number of hydrogen-bond acceptors (Lipinski definition) is 4. The van der Waals surface area contributed by atoms with Gasteiger partial charge in [-0.2, -0.15) is 0 Å². The Bertz CT molecular complexity index is 446. The zero-order valence-corrected chi connectivity index (χ0v) is 13.3. The second kappa shape index (κ2) is 8.88. The fourth-order valence-electron chi connectivity index (χ4n) is 2.79. The number of carbonyl (C=O) groups is 1. The van der Waals surface area contributed by atoms with E-state index in [1.165, 1.54) is 5.56 Å². The Morgan fingerprint density at radius 2 is 2.00 bits per heavy atom. The van der Waals surface area contributed by atoms with Crippen molar-refractivity contribution in [1.29, 1.82) is 0 Å². The lowest BCUT2D eigenvalue weighted by Crippen LogP contribution is -2.46. The van der Waals surface area contributed by atoms with Crippen molar-refractivity contribution in [2.75, 3.05) is 39.4 Å². The number of nitrogens with zero attached hydrogens (tertiary/aromatic N) is 2. The molecule has 0 spiro atoms. The lowest BCUT2D eigenvalue weighted by Gasteiger charge is -2.35. The number of hydrogen-bond donors (Lipinski definition) is 1. The number of rotatable bonds is 8. The molecule has 1 atom stereocenters. The van der Waals surface area contributed by atoms with E-state index in [9.17, 15) is 4.79 Å². The summed E-state index contributed by atoms with van der Waals surface area (Å²) < 4.78 is 5.38. The van der Waals surface area contributed by atoms with Gasteiger partial charge in [0.05, 0.1) is 19.6 Å². The summed E-state index contributed by atoms with van der Waals surface area (Å²) in [5.74, 6) is -0.739. The molecule has 0 aromatic heterocycles. The highest BCUT2D eigenvalue weighted by Crippen LogP contribution is 2.11. The minimum atomic E-state index is -0.739. The van der Waals surface area contributed by atoms with E-state index in [4.69, 9.17) is 9.84 Å². The summed E-state index contributed by atoms with van der Waals surface area (Å²) in [4.78, 5) is 15.6. The first-order valence-electron chi connectivity index (χ1n) is 7.95. The van der Waals surface area contributed by atoms with E-state index in [2.05, 4.69) is 28.9 Å². The summed E-state index contributed by atoms with van der Waals surface area (Å²) in [5.41, 5.74) is 1.22. The second-order valence-electron chi connectivity index (χ2n) is 5.86. The molecule has 1 N–H and O–H groups in total. The first-order chi connectivity index (χ1) is 10.6. The maximum Gasteiger partial charge on any atom is 0.304 e. The molecule has 0 bridgehead atoms. The Balaban J connectivity index is 1.93. The Morgan fingerprint density at radius 3 is 2.64 bits per heavy atom. The minimum Gasteiger partial charge on any atom is -0.481 e. The maximum atomic E-state index is 10.9. The molecule has 5 heteroatoms. The van der Waals surface area contributed by atoms with Gasteiger partial charge in [0, 0.05) is 38.8 Å². The van der Waals surface area contributed by atoms with Gasteiger partial charge in [0.1, 0.15) is 0 Å². The van der Waals surface area contributed by atoms with Gasteiger partial charge in [0.15, 0.2) is 0 Å². The normalized spacial score (nSPS) is 17.5. The lowest BCUT2D eigenvalue weighted by atomic mass is 10.1. The molecular weight excluding hydrogens is 280 g/mol. The summed E-state index contributed by atoms with van der Waals surface area (Å²) in [5, 5.41) is 8.98. The number of aliphatic carboxylic acids is 1. The molecular formula is C17H26N2O3. The van der Waals surface area contributed by atoms with Crippen LogP contribution in [0.1, 0.15) is 18.9 Å². The van der Waals surface area contributed by atoms with Crippen molar-refractivity contribution in [1.82, 2.24) is 9.80 Å². The molecule has 0 aliphatic carbocycles. The number of carboxylic acid groups (broad SMARTS) is 1. The highest BCUT2D eigenvalue weighted by molar-refractivity contribution is 5.66. The van der Waals surface area contributed by atoms with E-state index in [1.54, 1.807) is 0 Å². The zero-order valence-electron chi connectivity index (χ0n) is 13.3. The van der Waals surface area contributed by atoms with Crippen molar-refractivity contribution >= 4 is 5.97 Å². The fourth-order valence-corrected chi connectivity index (χ4v) is 2.79. The summed E-state index contributed by atoms with van der Waals surface area (Å²) in [6, 6.07) is 10.6. The van der Waals surface area contributed by atoms with Crippen LogP contribution in [0.2, 0.25) is 0 Å². The molecule has 1 aliphatic rings. The molecule has 1 aromatic rings. The molecule has 1 aliphatic heterocycles. The van der Waals surface area contributed by atoms with Crippen LogP contribution in [0, 0.1) is 0 Å². The van der Waals surface area contributed by atoms with Crippen LogP contribution in [0.4, 0.5) is 0 Å². The molecule has 0 saturated carbocycles. The van der Waals surface area contributed by atoms with Crippen molar-refractivity contribution in [3.05, 3.63) is 35.9 Å². The molecule has 5 nitrogen and oxygen atoms in total. The van der Waals surface area contributed by atoms with Gasteiger partial charge in [0.25, 0.3) is 0 Å². The first-order valence-corrected chi connectivity index (χ1v) is 7.95. The van der Waals surface area contributed by atoms with Crippen LogP contribution in [-0.4, -0.2) is 66.3 Å². The van der Waals surface area contributed by atoms with Crippen molar-refractivity contribution in [3.8, 4) is 0 Å². The van der Waals surface area contributed by atoms with Crippen LogP contribution in [0.5, 0.6) is 0 Å². The Hall–Kier alpha value is -1.43. The Morgan fingerprint density at radius 1 is 1.32 bits per heavy atom. The molecule has 0 radical (unpaired) electrons. The van der Waals surface area contributed by atoms with Crippen LogP contribution < -0.4 is 0 Å². The summed E-state index contributed by atoms with van der Waals surface area (Å²) in [6.07, 6.45) is 0.181. The van der Waals surface area contributed by atoms with E-state index in [-0.39, 0.29) is 6.42 Å². The highest BCUT2D eigenvalue weighted by Gasteiger charge is 2.20. The molecule has 1 heterocycles. The van der Waals surface area contributed by atoms with Gasteiger partial charge in [0.2, 0.25) is 0 Å². The smallest absolute Gasteiger partial charge is 0.304 e. The van der Waals surface area contributed by atoms with Crippen LogP contribution >= 0.6 is 0 Å². The standard InChI is InChI=1S/C17H26N2O3/c1-15(13-18-9-11-22-12-10-18)19(8-7-17(20)21)14-16-5-3-2-4-6-16/h2-6,15H,7-14H2,1H3,(H,20,21). The minimum absolute atomic E-state index is 0.181. The molecule has 1 unspecified atom stereocenters. The lowest BCUT2D eigenvalue weighted by molar-refractivity contribution is -0.137. The molecule has 1 saturated heterocycles. The third kappa shape index (κ3) is 5.75. The fraction of sp³-hybridized carbons (Fsp3) is 0.588. The maximum absolute atomic E-state index is 10.9. The van der Waals surface area contributed by atoms with Gasteiger partial charge in [-0.3, -0.25) is 14.6 Å². The van der Waals surface area contributed by atoms with E-state index >= 15 is 0 Å². The Labute approximate surface area is 132 Å². The molecule has 122 valence electrons. The average Bonchev–Trinajstić information content (AvgIpc) is 2.53. The van der Waals surface area contributed by atoms with Crippen LogP contribution in [-0.2, 0) is 16.1 Å². The van der Waals surface area contributed by atoms with Gasteiger partial charge >= 0.3 is 5.97 Å². The van der Waals surface area contributed by atoms with Crippen molar-refractivity contribution < 1.29 is 14.6 Å². The SMILES string of the molecule is CC(CN1CCOCC1)N(CCC(=O)O)Cc1ccccc1. The number of morpholine rings is 1. The largest absolute Gasteiger partial charge is 0.481 e. The predicted octanol–water partition coefficient (Wildman–Crippen LogP) is 1.68. The van der Waals surface area contributed by atoms with E-state index in [0.29, 0.717) is 12.6 Å². The average molecular weight is 306 g/mol. The predicted molar refractivity (Wildman–Crippen MR) is 85.8 cm³/mol. The van der Waals surface area contributed by atoms with Gasteiger partial charge in [-0.05, 0) is 12.5 Å². The molecule has 2 rings (SSSR count).